The van der Waals surface area contributed by atoms with Gasteiger partial charge in [-0.25, -0.2) is 8.42 Å². The maximum atomic E-state index is 11.9. The van der Waals surface area contributed by atoms with Crippen LogP contribution in [-0.2, 0) is 15.4 Å². The zero-order chi connectivity index (χ0) is 13.4. The van der Waals surface area contributed by atoms with E-state index in [1.54, 1.807) is 6.07 Å². The van der Waals surface area contributed by atoms with E-state index in [1.165, 1.54) is 18.0 Å². The predicted octanol–water partition coefficient (Wildman–Crippen LogP) is 2.41. The summed E-state index contributed by atoms with van der Waals surface area (Å²) in [6, 6.07) is 5.58. The molecule has 1 aromatic carbocycles. The molecule has 3 nitrogen and oxygen atoms in total. The molecule has 1 saturated heterocycles. The number of hydrogen-bond acceptors (Lipinski definition) is 4. The minimum atomic E-state index is -3.17. The van der Waals surface area contributed by atoms with Crippen LogP contribution in [0.5, 0.6) is 0 Å². The van der Waals surface area contributed by atoms with Gasteiger partial charge in [0.05, 0.1) is 4.90 Å². The molecule has 1 aliphatic heterocycles. The van der Waals surface area contributed by atoms with Gasteiger partial charge in [0.1, 0.15) is 0 Å². The number of rotatable bonds is 3. The Morgan fingerprint density at radius 3 is 2.61 bits per heavy atom. The van der Waals surface area contributed by atoms with Crippen LogP contribution in [0.25, 0.3) is 0 Å². The summed E-state index contributed by atoms with van der Waals surface area (Å²) in [5.74, 6) is 0. The Kier molecular flexibility index (Phi) is 3.76. The summed E-state index contributed by atoms with van der Waals surface area (Å²) in [4.78, 5) is 1.33. The SMILES string of the molecule is CSc1c(C2(C)CCCN2)cccc1S(C)(=O)=O. The van der Waals surface area contributed by atoms with Crippen LogP contribution in [0, 0.1) is 0 Å². The van der Waals surface area contributed by atoms with E-state index in [0.29, 0.717) is 4.90 Å². The lowest BCUT2D eigenvalue weighted by atomic mass is 9.90. The second-order valence-electron chi connectivity index (χ2n) is 4.97. The highest BCUT2D eigenvalue weighted by molar-refractivity contribution is 7.99. The van der Waals surface area contributed by atoms with Gasteiger partial charge in [-0.3, -0.25) is 0 Å². The normalized spacial score (nSPS) is 24.4. The van der Waals surface area contributed by atoms with E-state index in [1.807, 2.05) is 18.4 Å². The van der Waals surface area contributed by atoms with Gasteiger partial charge in [-0.2, -0.15) is 0 Å². The molecule has 0 aromatic heterocycles. The van der Waals surface area contributed by atoms with Crippen molar-refractivity contribution in [1.29, 1.82) is 0 Å². The Balaban J connectivity index is 2.62. The van der Waals surface area contributed by atoms with E-state index in [2.05, 4.69) is 12.2 Å². The van der Waals surface area contributed by atoms with E-state index < -0.39 is 9.84 Å². The highest BCUT2D eigenvalue weighted by atomic mass is 32.2. The van der Waals surface area contributed by atoms with E-state index in [9.17, 15) is 8.42 Å². The molecule has 1 heterocycles. The maximum absolute atomic E-state index is 11.9. The molecule has 1 N–H and O–H groups in total. The van der Waals surface area contributed by atoms with Crippen molar-refractivity contribution >= 4 is 21.6 Å². The molecule has 1 atom stereocenters. The van der Waals surface area contributed by atoms with Crippen LogP contribution in [0.15, 0.2) is 28.0 Å². The second-order valence-corrected chi connectivity index (χ2v) is 7.77. The van der Waals surface area contributed by atoms with Crippen molar-refractivity contribution in [3.05, 3.63) is 23.8 Å². The minimum absolute atomic E-state index is 0.0982. The third-order valence-corrected chi connectivity index (χ3v) is 5.66. The third kappa shape index (κ3) is 2.44. The summed E-state index contributed by atoms with van der Waals surface area (Å²) in [5, 5.41) is 3.49. The molecule has 1 unspecified atom stereocenters. The smallest absolute Gasteiger partial charge is 0.176 e. The average molecular weight is 285 g/mol. The monoisotopic (exact) mass is 285 g/mol. The highest BCUT2D eigenvalue weighted by Gasteiger charge is 2.33. The summed E-state index contributed by atoms with van der Waals surface area (Å²) in [5.41, 5.74) is 1.01. The third-order valence-electron chi connectivity index (χ3n) is 3.55. The standard InChI is InChI=1S/C13H19NO2S2/c1-13(8-5-9-14-13)10-6-4-7-11(12(10)17-2)18(3,15)16/h4,6-7,14H,5,8-9H2,1-3H3. The summed E-state index contributed by atoms with van der Waals surface area (Å²) in [7, 11) is -3.17. The van der Waals surface area contributed by atoms with Crippen LogP contribution < -0.4 is 5.32 Å². The number of sulfone groups is 1. The van der Waals surface area contributed by atoms with Crippen molar-refractivity contribution in [2.45, 2.75) is 35.1 Å². The van der Waals surface area contributed by atoms with Crippen molar-refractivity contribution in [2.75, 3.05) is 19.1 Å². The van der Waals surface area contributed by atoms with Gasteiger partial charge in [0, 0.05) is 16.7 Å². The van der Waals surface area contributed by atoms with Crippen molar-refractivity contribution < 1.29 is 8.42 Å². The van der Waals surface area contributed by atoms with Crippen LogP contribution >= 0.6 is 11.8 Å². The molecule has 1 fully saturated rings. The van der Waals surface area contributed by atoms with Gasteiger partial charge in [0.25, 0.3) is 0 Å². The quantitative estimate of drug-likeness (QED) is 0.866. The molecule has 18 heavy (non-hydrogen) atoms. The molecule has 1 aliphatic rings. The van der Waals surface area contributed by atoms with E-state index >= 15 is 0 Å². The van der Waals surface area contributed by atoms with Crippen molar-refractivity contribution in [2.24, 2.45) is 0 Å². The molecule has 0 aliphatic carbocycles. The highest BCUT2D eigenvalue weighted by Crippen LogP contribution is 2.39. The molecular formula is C13H19NO2S2. The lowest BCUT2D eigenvalue weighted by molar-refractivity contribution is 0.425. The fourth-order valence-corrected chi connectivity index (χ4v) is 4.84. The van der Waals surface area contributed by atoms with Crippen LogP contribution in [0.2, 0.25) is 0 Å². The summed E-state index contributed by atoms with van der Waals surface area (Å²) >= 11 is 1.52. The van der Waals surface area contributed by atoms with Gasteiger partial charge >= 0.3 is 0 Å². The molecule has 0 saturated carbocycles. The molecule has 2 rings (SSSR count). The molecular weight excluding hydrogens is 266 g/mol. The van der Waals surface area contributed by atoms with Crippen molar-refractivity contribution in [3.63, 3.8) is 0 Å². The van der Waals surface area contributed by atoms with E-state index in [-0.39, 0.29) is 5.54 Å². The van der Waals surface area contributed by atoms with Gasteiger partial charge < -0.3 is 5.32 Å². The van der Waals surface area contributed by atoms with Crippen LogP contribution in [0.3, 0.4) is 0 Å². The molecule has 100 valence electrons. The topological polar surface area (TPSA) is 46.2 Å². The number of nitrogens with one attached hydrogen (secondary N) is 1. The molecule has 1 aromatic rings. The Morgan fingerprint density at radius 1 is 1.39 bits per heavy atom. The average Bonchev–Trinajstić information content (AvgIpc) is 2.75. The van der Waals surface area contributed by atoms with Crippen LogP contribution in [-0.4, -0.2) is 27.5 Å². The Labute approximate surface area is 113 Å². The largest absolute Gasteiger partial charge is 0.308 e. The van der Waals surface area contributed by atoms with Crippen molar-refractivity contribution in [1.82, 2.24) is 5.32 Å². The van der Waals surface area contributed by atoms with Gasteiger partial charge in [0.2, 0.25) is 0 Å². The zero-order valence-corrected chi connectivity index (χ0v) is 12.6. The molecule has 5 heteroatoms. The number of thioether (sulfide) groups is 1. The first kappa shape index (κ1) is 13.9. The Morgan fingerprint density at radius 2 is 2.11 bits per heavy atom. The van der Waals surface area contributed by atoms with E-state index in [4.69, 9.17) is 0 Å². The van der Waals surface area contributed by atoms with Gasteiger partial charge in [-0.05, 0) is 44.2 Å². The number of hydrogen-bond donors (Lipinski definition) is 1. The molecule has 0 radical (unpaired) electrons. The van der Waals surface area contributed by atoms with Gasteiger partial charge in [-0.1, -0.05) is 12.1 Å². The van der Waals surface area contributed by atoms with Crippen molar-refractivity contribution in [3.8, 4) is 0 Å². The molecule has 0 bridgehead atoms. The first-order valence-electron chi connectivity index (χ1n) is 6.01. The zero-order valence-electron chi connectivity index (χ0n) is 11.0. The van der Waals surface area contributed by atoms with Crippen LogP contribution in [0.1, 0.15) is 25.3 Å². The van der Waals surface area contributed by atoms with Gasteiger partial charge in [-0.15, -0.1) is 11.8 Å². The van der Waals surface area contributed by atoms with Crippen LogP contribution in [0.4, 0.5) is 0 Å². The summed E-state index contributed by atoms with van der Waals surface area (Å²) in [6.07, 6.45) is 5.39. The first-order valence-corrected chi connectivity index (χ1v) is 9.13. The second kappa shape index (κ2) is 4.87. The Hall–Kier alpha value is -0.520. The molecule has 0 spiro atoms. The number of benzene rings is 1. The molecule has 0 amide bonds. The maximum Gasteiger partial charge on any atom is 0.176 e. The Bertz CT molecular complexity index is 546. The predicted molar refractivity (Wildman–Crippen MR) is 75.9 cm³/mol. The summed E-state index contributed by atoms with van der Waals surface area (Å²) in [6.45, 7) is 3.15. The van der Waals surface area contributed by atoms with E-state index in [0.717, 1.165) is 29.8 Å². The minimum Gasteiger partial charge on any atom is -0.308 e. The van der Waals surface area contributed by atoms with Gasteiger partial charge in [0.15, 0.2) is 9.84 Å². The lowest BCUT2D eigenvalue weighted by Crippen LogP contribution is -2.34. The lowest BCUT2D eigenvalue weighted by Gasteiger charge is -2.28. The fourth-order valence-electron chi connectivity index (χ4n) is 2.58. The summed E-state index contributed by atoms with van der Waals surface area (Å²) < 4.78 is 23.7. The first-order chi connectivity index (χ1) is 8.38. The fraction of sp³-hybridized carbons (Fsp3) is 0.538.